The van der Waals surface area contributed by atoms with Crippen molar-refractivity contribution in [3.8, 4) is 0 Å². The van der Waals surface area contributed by atoms with Crippen molar-refractivity contribution in [2.75, 3.05) is 18.9 Å². The van der Waals surface area contributed by atoms with E-state index in [9.17, 15) is 9.59 Å². The molecule has 0 atom stereocenters. The fraction of sp³-hybridized carbons (Fsp3) is 0.250. The summed E-state index contributed by atoms with van der Waals surface area (Å²) in [5.41, 5.74) is 2.58. The minimum atomic E-state index is -0.309. The van der Waals surface area contributed by atoms with Gasteiger partial charge in [0.2, 0.25) is 5.91 Å². The quantitative estimate of drug-likeness (QED) is 0.939. The highest BCUT2D eigenvalue weighted by atomic mass is 16.3. The van der Waals surface area contributed by atoms with Crippen molar-refractivity contribution in [2.45, 2.75) is 13.8 Å². The normalized spacial score (nSPS) is 10.2. The predicted octanol–water partition coefficient (Wildman–Crippen LogP) is 2.61. The highest BCUT2D eigenvalue weighted by molar-refractivity contribution is 5.98. The summed E-state index contributed by atoms with van der Waals surface area (Å²) in [6.45, 7) is 3.73. The molecule has 5 nitrogen and oxygen atoms in total. The summed E-state index contributed by atoms with van der Waals surface area (Å²) >= 11 is 0. The summed E-state index contributed by atoms with van der Waals surface area (Å²) in [5.74, 6) is -0.295. The van der Waals surface area contributed by atoms with Gasteiger partial charge in [-0.25, -0.2) is 0 Å². The molecule has 1 N–H and O–H groups in total. The molecule has 0 fully saturated rings. The number of carbonyl (C=O) groups excluding carboxylic acids is 2. The van der Waals surface area contributed by atoms with Crippen LogP contribution in [0.1, 0.15) is 21.7 Å². The van der Waals surface area contributed by atoms with Crippen molar-refractivity contribution in [2.24, 2.45) is 0 Å². The van der Waals surface area contributed by atoms with Crippen molar-refractivity contribution in [3.63, 3.8) is 0 Å². The molecule has 2 rings (SSSR count). The monoisotopic (exact) mass is 286 g/mol. The van der Waals surface area contributed by atoms with E-state index >= 15 is 0 Å². The largest absolute Gasteiger partial charge is 0.459 e. The SMILES string of the molecule is Cc1ccc(NC(=O)CN(C)C(=O)c2occc2C)cc1. The standard InChI is InChI=1S/C16H18N2O3/c1-11-4-6-13(7-5-11)17-14(19)10-18(3)16(20)15-12(2)8-9-21-15/h4-9H,10H2,1-3H3,(H,17,19). The predicted molar refractivity (Wildman–Crippen MR) is 80.2 cm³/mol. The summed E-state index contributed by atoms with van der Waals surface area (Å²) < 4.78 is 5.14. The Bertz CT molecular complexity index is 644. The molecule has 0 spiro atoms. The number of hydrogen-bond donors (Lipinski definition) is 1. The van der Waals surface area contributed by atoms with Crippen LogP contribution in [0.3, 0.4) is 0 Å². The van der Waals surface area contributed by atoms with Gasteiger partial charge < -0.3 is 14.6 Å². The Kier molecular flexibility index (Phi) is 4.42. The fourth-order valence-electron chi connectivity index (χ4n) is 1.89. The molecule has 0 unspecified atom stereocenters. The van der Waals surface area contributed by atoms with Gasteiger partial charge in [0.05, 0.1) is 12.8 Å². The van der Waals surface area contributed by atoms with Gasteiger partial charge >= 0.3 is 0 Å². The van der Waals surface area contributed by atoms with E-state index in [4.69, 9.17) is 4.42 Å². The molecule has 0 saturated heterocycles. The molecule has 1 aromatic heterocycles. The summed E-state index contributed by atoms with van der Waals surface area (Å²) in [6.07, 6.45) is 1.46. The van der Waals surface area contributed by atoms with Crippen LogP contribution in [0.2, 0.25) is 0 Å². The molecule has 110 valence electrons. The van der Waals surface area contributed by atoms with E-state index in [-0.39, 0.29) is 24.1 Å². The maximum Gasteiger partial charge on any atom is 0.290 e. The molecule has 5 heteroatoms. The molecule has 21 heavy (non-hydrogen) atoms. The molecule has 0 aliphatic rings. The van der Waals surface area contributed by atoms with E-state index in [1.54, 1.807) is 20.0 Å². The molecular weight excluding hydrogens is 268 g/mol. The van der Waals surface area contributed by atoms with Crippen LogP contribution in [0.4, 0.5) is 5.69 Å². The second-order valence-electron chi connectivity index (χ2n) is 5.01. The minimum absolute atomic E-state index is 0.0349. The smallest absolute Gasteiger partial charge is 0.290 e. The highest BCUT2D eigenvalue weighted by Gasteiger charge is 2.19. The minimum Gasteiger partial charge on any atom is -0.459 e. The number of hydrogen-bond acceptors (Lipinski definition) is 3. The van der Waals surface area contributed by atoms with Gasteiger partial charge in [-0.1, -0.05) is 17.7 Å². The lowest BCUT2D eigenvalue weighted by atomic mass is 10.2. The summed E-state index contributed by atoms with van der Waals surface area (Å²) in [5, 5.41) is 2.75. The third kappa shape index (κ3) is 3.72. The second-order valence-corrected chi connectivity index (χ2v) is 5.01. The molecule has 0 aliphatic carbocycles. The van der Waals surface area contributed by atoms with Crippen LogP contribution in [0.15, 0.2) is 41.0 Å². The lowest BCUT2D eigenvalue weighted by Gasteiger charge is -2.16. The van der Waals surface area contributed by atoms with Crippen molar-refractivity contribution in [1.29, 1.82) is 0 Å². The molecule has 2 amide bonds. The lowest BCUT2D eigenvalue weighted by molar-refractivity contribution is -0.116. The van der Waals surface area contributed by atoms with Crippen LogP contribution in [-0.2, 0) is 4.79 Å². The summed E-state index contributed by atoms with van der Waals surface area (Å²) in [6, 6.07) is 9.19. The van der Waals surface area contributed by atoms with E-state index in [0.29, 0.717) is 5.69 Å². The molecule has 0 saturated carbocycles. The lowest BCUT2D eigenvalue weighted by Crippen LogP contribution is -2.35. The van der Waals surface area contributed by atoms with Gasteiger partial charge in [-0.05, 0) is 32.0 Å². The number of amides is 2. The molecular formula is C16H18N2O3. The first-order valence-electron chi connectivity index (χ1n) is 6.63. The van der Waals surface area contributed by atoms with Gasteiger partial charge in [-0.2, -0.15) is 0 Å². The Balaban J connectivity index is 1.94. The van der Waals surface area contributed by atoms with Gasteiger partial charge in [-0.15, -0.1) is 0 Å². The number of anilines is 1. The number of rotatable bonds is 4. The summed E-state index contributed by atoms with van der Waals surface area (Å²) in [7, 11) is 1.57. The Hall–Kier alpha value is -2.56. The molecule has 0 bridgehead atoms. The number of likely N-dealkylation sites (N-methyl/N-ethyl adjacent to an activating group) is 1. The van der Waals surface area contributed by atoms with Gasteiger partial charge in [0.25, 0.3) is 5.91 Å². The number of carbonyl (C=O) groups is 2. The average Bonchev–Trinajstić information content (AvgIpc) is 2.86. The fourth-order valence-corrected chi connectivity index (χ4v) is 1.89. The third-order valence-corrected chi connectivity index (χ3v) is 3.12. The first-order valence-corrected chi connectivity index (χ1v) is 6.63. The van der Waals surface area contributed by atoms with E-state index in [0.717, 1.165) is 11.1 Å². The van der Waals surface area contributed by atoms with Gasteiger partial charge in [0, 0.05) is 18.3 Å². The van der Waals surface area contributed by atoms with Crippen LogP contribution in [0.5, 0.6) is 0 Å². The maximum absolute atomic E-state index is 12.1. The topological polar surface area (TPSA) is 62.6 Å². The Morgan fingerprint density at radius 3 is 2.38 bits per heavy atom. The van der Waals surface area contributed by atoms with Crippen LogP contribution in [-0.4, -0.2) is 30.3 Å². The zero-order valence-electron chi connectivity index (χ0n) is 12.3. The zero-order valence-corrected chi connectivity index (χ0v) is 12.3. The zero-order chi connectivity index (χ0) is 15.4. The molecule has 1 heterocycles. The average molecular weight is 286 g/mol. The van der Waals surface area contributed by atoms with Crippen LogP contribution >= 0.6 is 0 Å². The van der Waals surface area contributed by atoms with E-state index < -0.39 is 0 Å². The molecule has 0 radical (unpaired) electrons. The second kappa shape index (κ2) is 6.26. The number of nitrogens with zero attached hydrogens (tertiary/aromatic N) is 1. The van der Waals surface area contributed by atoms with Crippen molar-refractivity contribution in [1.82, 2.24) is 4.90 Å². The van der Waals surface area contributed by atoms with Gasteiger partial charge in [0.15, 0.2) is 5.76 Å². The van der Waals surface area contributed by atoms with Crippen LogP contribution in [0, 0.1) is 13.8 Å². The van der Waals surface area contributed by atoms with Crippen LogP contribution in [0.25, 0.3) is 0 Å². The Morgan fingerprint density at radius 1 is 1.14 bits per heavy atom. The van der Waals surface area contributed by atoms with Gasteiger partial charge in [-0.3, -0.25) is 9.59 Å². The van der Waals surface area contributed by atoms with Crippen molar-refractivity contribution >= 4 is 17.5 Å². The van der Waals surface area contributed by atoms with E-state index in [1.165, 1.54) is 11.2 Å². The summed E-state index contributed by atoms with van der Waals surface area (Å²) in [4.78, 5) is 25.4. The Morgan fingerprint density at radius 2 is 1.81 bits per heavy atom. The maximum atomic E-state index is 12.1. The van der Waals surface area contributed by atoms with Crippen molar-refractivity contribution in [3.05, 3.63) is 53.5 Å². The molecule has 0 aliphatic heterocycles. The molecule has 1 aromatic carbocycles. The number of furan rings is 1. The highest BCUT2D eigenvalue weighted by Crippen LogP contribution is 2.12. The number of nitrogens with one attached hydrogen (secondary N) is 1. The molecule has 2 aromatic rings. The van der Waals surface area contributed by atoms with E-state index in [1.807, 2.05) is 31.2 Å². The third-order valence-electron chi connectivity index (χ3n) is 3.12. The number of benzene rings is 1. The van der Waals surface area contributed by atoms with Crippen LogP contribution < -0.4 is 5.32 Å². The van der Waals surface area contributed by atoms with E-state index in [2.05, 4.69) is 5.32 Å². The number of aryl methyl sites for hydroxylation is 2. The first-order chi connectivity index (χ1) is 9.97. The van der Waals surface area contributed by atoms with Crippen molar-refractivity contribution < 1.29 is 14.0 Å². The Labute approximate surface area is 123 Å². The first kappa shape index (κ1) is 14.8. The van der Waals surface area contributed by atoms with Gasteiger partial charge in [0.1, 0.15) is 0 Å².